The minimum atomic E-state index is -0.432. The van der Waals surface area contributed by atoms with Crippen molar-refractivity contribution in [1.82, 2.24) is 9.97 Å². The molecule has 0 bridgehead atoms. The van der Waals surface area contributed by atoms with Crippen LogP contribution < -0.4 is 10.6 Å². The van der Waals surface area contributed by atoms with Gasteiger partial charge in [-0.1, -0.05) is 0 Å². The Morgan fingerprint density at radius 3 is 2.65 bits per heavy atom. The summed E-state index contributed by atoms with van der Waals surface area (Å²) in [6.07, 6.45) is 3.91. The van der Waals surface area contributed by atoms with Gasteiger partial charge >= 0.3 is 5.97 Å². The van der Waals surface area contributed by atoms with Gasteiger partial charge in [0, 0.05) is 24.8 Å². The molecule has 0 spiro atoms. The Kier molecular flexibility index (Phi) is 4.14. The van der Waals surface area contributed by atoms with Gasteiger partial charge in [-0.05, 0) is 38.0 Å². The van der Waals surface area contributed by atoms with Crippen molar-refractivity contribution in [2.24, 2.45) is 0 Å². The molecule has 1 aliphatic rings. The first-order valence-electron chi connectivity index (χ1n) is 7.67. The Labute approximate surface area is 135 Å². The predicted molar refractivity (Wildman–Crippen MR) is 89.4 cm³/mol. The summed E-state index contributed by atoms with van der Waals surface area (Å²) >= 11 is 0. The number of hydrogen-bond acceptors (Lipinski definition) is 6. The summed E-state index contributed by atoms with van der Waals surface area (Å²) in [5.41, 5.74) is 9.79. The quantitative estimate of drug-likeness (QED) is 0.692. The molecule has 23 heavy (non-hydrogen) atoms. The van der Waals surface area contributed by atoms with Crippen molar-refractivity contribution in [3.8, 4) is 11.4 Å². The van der Waals surface area contributed by atoms with Gasteiger partial charge in [0.25, 0.3) is 0 Å². The molecule has 1 saturated heterocycles. The van der Waals surface area contributed by atoms with Crippen LogP contribution in [-0.2, 0) is 4.74 Å². The lowest BCUT2D eigenvalue weighted by molar-refractivity contribution is 0.0599. The van der Waals surface area contributed by atoms with Crippen molar-refractivity contribution < 1.29 is 9.53 Å². The number of carbonyl (C=O) groups is 1. The van der Waals surface area contributed by atoms with Gasteiger partial charge in [0.15, 0.2) is 5.82 Å². The predicted octanol–water partition coefficient (Wildman–Crippen LogP) is 2.42. The summed E-state index contributed by atoms with van der Waals surface area (Å²) in [7, 11) is 1.34. The lowest BCUT2D eigenvalue weighted by Gasteiger charge is -2.20. The number of aromatic nitrogens is 2. The fourth-order valence-electron chi connectivity index (χ4n) is 2.86. The number of rotatable bonds is 3. The number of nitrogens with zero attached hydrogens (tertiary/aromatic N) is 3. The highest BCUT2D eigenvalue weighted by Gasteiger charge is 2.17. The molecule has 0 aliphatic carbocycles. The molecule has 0 amide bonds. The number of aryl methyl sites for hydroxylation is 1. The zero-order valence-corrected chi connectivity index (χ0v) is 13.4. The topological polar surface area (TPSA) is 81.3 Å². The van der Waals surface area contributed by atoms with Gasteiger partial charge in [0.1, 0.15) is 0 Å². The Morgan fingerprint density at radius 2 is 2.04 bits per heavy atom. The maximum Gasteiger partial charge on any atom is 0.341 e. The molecule has 0 unspecified atom stereocenters. The normalized spacial score (nSPS) is 14.1. The highest BCUT2D eigenvalue weighted by Crippen LogP contribution is 2.30. The monoisotopic (exact) mass is 312 g/mol. The molecule has 2 N–H and O–H groups in total. The Balaban J connectivity index is 1.91. The second-order valence-corrected chi connectivity index (χ2v) is 5.65. The first kappa shape index (κ1) is 15.3. The number of esters is 1. The van der Waals surface area contributed by atoms with E-state index in [2.05, 4.69) is 14.9 Å². The largest absolute Gasteiger partial charge is 0.465 e. The second kappa shape index (κ2) is 6.24. The minimum Gasteiger partial charge on any atom is -0.465 e. The van der Waals surface area contributed by atoms with E-state index in [0.717, 1.165) is 30.0 Å². The van der Waals surface area contributed by atoms with Crippen molar-refractivity contribution in [3.05, 3.63) is 35.7 Å². The molecule has 3 rings (SSSR count). The Hall–Kier alpha value is -2.63. The van der Waals surface area contributed by atoms with E-state index >= 15 is 0 Å². The fourth-order valence-corrected chi connectivity index (χ4v) is 2.86. The highest BCUT2D eigenvalue weighted by atomic mass is 16.5. The molecule has 1 aromatic heterocycles. The first-order chi connectivity index (χ1) is 11.1. The van der Waals surface area contributed by atoms with E-state index in [4.69, 9.17) is 10.5 Å². The molecule has 1 aliphatic heterocycles. The summed E-state index contributed by atoms with van der Waals surface area (Å²) < 4.78 is 4.71. The van der Waals surface area contributed by atoms with Crippen LogP contribution in [-0.4, -0.2) is 36.1 Å². The van der Waals surface area contributed by atoms with E-state index in [1.54, 1.807) is 6.92 Å². The van der Waals surface area contributed by atoms with Gasteiger partial charge in [-0.25, -0.2) is 14.8 Å². The van der Waals surface area contributed by atoms with E-state index in [1.807, 2.05) is 18.2 Å². The van der Waals surface area contributed by atoms with Crippen LogP contribution in [0.3, 0.4) is 0 Å². The lowest BCUT2D eigenvalue weighted by Crippen LogP contribution is -2.18. The van der Waals surface area contributed by atoms with Crippen LogP contribution in [0.1, 0.15) is 28.9 Å². The number of carbonyl (C=O) groups excluding carboxylic acids is 1. The van der Waals surface area contributed by atoms with Gasteiger partial charge in [0.2, 0.25) is 0 Å². The average molecular weight is 312 g/mol. The third kappa shape index (κ3) is 2.97. The van der Waals surface area contributed by atoms with Gasteiger partial charge in [-0.15, -0.1) is 0 Å². The molecule has 6 nitrogen and oxygen atoms in total. The molecule has 0 atom stereocenters. The third-order valence-electron chi connectivity index (χ3n) is 4.12. The average Bonchev–Trinajstić information content (AvgIpc) is 3.08. The molecule has 6 heteroatoms. The SMILES string of the molecule is COC(=O)c1cnc(-c2ccc(N3CCCC3)c(N)c2)nc1C. The van der Waals surface area contributed by atoms with Gasteiger partial charge < -0.3 is 15.4 Å². The standard InChI is InChI=1S/C17H20N4O2/c1-11-13(17(22)23-2)10-19-16(20-11)12-5-6-15(14(18)9-12)21-7-3-4-8-21/h5-6,9-10H,3-4,7-8,18H2,1-2H3. The minimum absolute atomic E-state index is 0.373. The number of anilines is 2. The van der Waals surface area contributed by atoms with Gasteiger partial charge in [0.05, 0.1) is 29.7 Å². The molecular formula is C17H20N4O2. The summed E-state index contributed by atoms with van der Waals surface area (Å²) in [5, 5.41) is 0. The zero-order valence-electron chi connectivity index (χ0n) is 13.4. The van der Waals surface area contributed by atoms with Crippen LogP contribution in [0.4, 0.5) is 11.4 Å². The van der Waals surface area contributed by atoms with E-state index in [-0.39, 0.29) is 0 Å². The summed E-state index contributed by atoms with van der Waals surface area (Å²) in [6.45, 7) is 3.86. The van der Waals surface area contributed by atoms with E-state index in [0.29, 0.717) is 17.1 Å². The number of benzene rings is 1. The van der Waals surface area contributed by atoms with E-state index in [1.165, 1.54) is 26.1 Å². The second-order valence-electron chi connectivity index (χ2n) is 5.65. The third-order valence-corrected chi connectivity index (χ3v) is 4.12. The molecule has 2 aromatic rings. The zero-order chi connectivity index (χ0) is 16.4. The smallest absolute Gasteiger partial charge is 0.341 e. The highest BCUT2D eigenvalue weighted by molar-refractivity contribution is 5.90. The van der Waals surface area contributed by atoms with Crippen molar-refractivity contribution >= 4 is 17.3 Å². The number of nitrogen functional groups attached to an aromatic ring is 1. The summed E-state index contributed by atoms with van der Waals surface area (Å²) in [6, 6.07) is 5.87. The molecule has 0 radical (unpaired) electrons. The molecular weight excluding hydrogens is 292 g/mol. The van der Waals surface area contributed by atoms with Crippen molar-refractivity contribution in [2.75, 3.05) is 30.8 Å². The maximum absolute atomic E-state index is 11.6. The van der Waals surface area contributed by atoms with Gasteiger partial charge in [-0.2, -0.15) is 0 Å². The van der Waals surface area contributed by atoms with Crippen LogP contribution in [0.5, 0.6) is 0 Å². The maximum atomic E-state index is 11.6. The van der Waals surface area contributed by atoms with Crippen LogP contribution in [0, 0.1) is 6.92 Å². The number of nitrogens with two attached hydrogens (primary N) is 1. The Morgan fingerprint density at radius 1 is 1.30 bits per heavy atom. The van der Waals surface area contributed by atoms with Crippen LogP contribution >= 0.6 is 0 Å². The number of methoxy groups -OCH3 is 1. The Bertz CT molecular complexity index is 739. The van der Waals surface area contributed by atoms with E-state index < -0.39 is 5.97 Å². The lowest BCUT2D eigenvalue weighted by atomic mass is 10.1. The molecule has 120 valence electrons. The first-order valence-corrected chi connectivity index (χ1v) is 7.67. The fraction of sp³-hybridized carbons (Fsp3) is 0.353. The molecule has 2 heterocycles. The van der Waals surface area contributed by atoms with E-state index in [9.17, 15) is 4.79 Å². The van der Waals surface area contributed by atoms with Crippen LogP contribution in [0.2, 0.25) is 0 Å². The van der Waals surface area contributed by atoms with Gasteiger partial charge in [-0.3, -0.25) is 0 Å². The molecule has 1 aromatic carbocycles. The molecule has 0 saturated carbocycles. The van der Waals surface area contributed by atoms with Crippen molar-refractivity contribution in [1.29, 1.82) is 0 Å². The summed E-state index contributed by atoms with van der Waals surface area (Å²) in [4.78, 5) is 22.6. The van der Waals surface area contributed by atoms with Crippen LogP contribution in [0.25, 0.3) is 11.4 Å². The number of hydrogen-bond donors (Lipinski definition) is 1. The van der Waals surface area contributed by atoms with Crippen molar-refractivity contribution in [3.63, 3.8) is 0 Å². The number of ether oxygens (including phenoxy) is 1. The summed E-state index contributed by atoms with van der Waals surface area (Å²) in [5.74, 6) is 0.118. The van der Waals surface area contributed by atoms with Crippen LogP contribution in [0.15, 0.2) is 24.4 Å². The van der Waals surface area contributed by atoms with Crippen molar-refractivity contribution in [2.45, 2.75) is 19.8 Å². The molecule has 1 fully saturated rings.